The van der Waals surface area contributed by atoms with Gasteiger partial charge in [-0.15, -0.1) is 0 Å². The number of hydrogen-bond acceptors (Lipinski definition) is 5. The van der Waals surface area contributed by atoms with Gasteiger partial charge in [0.05, 0.1) is 7.11 Å². The molecule has 0 unspecified atom stereocenters. The maximum atomic E-state index is 12.5. The van der Waals surface area contributed by atoms with Crippen LogP contribution in [0, 0.1) is 5.92 Å². The SMILES string of the molecule is COC(=O)[C@@](NCc1ccccc1)(NC(=O)OC(C)(C)C)C1CC1. The smallest absolute Gasteiger partial charge is 0.409 e. The summed E-state index contributed by atoms with van der Waals surface area (Å²) in [5.74, 6) is -0.520. The fraction of sp³-hybridized carbons (Fsp3) is 0.556. The van der Waals surface area contributed by atoms with E-state index >= 15 is 0 Å². The van der Waals surface area contributed by atoms with Crippen molar-refractivity contribution in [2.75, 3.05) is 7.11 Å². The molecule has 0 heterocycles. The Bertz CT molecular complexity index is 578. The highest BCUT2D eigenvalue weighted by Crippen LogP contribution is 2.39. The lowest BCUT2D eigenvalue weighted by Crippen LogP contribution is -2.66. The van der Waals surface area contributed by atoms with Crippen molar-refractivity contribution in [2.45, 2.75) is 51.4 Å². The molecule has 1 aromatic rings. The zero-order valence-corrected chi connectivity index (χ0v) is 14.7. The summed E-state index contributed by atoms with van der Waals surface area (Å²) in [6, 6.07) is 9.69. The van der Waals surface area contributed by atoms with Crippen LogP contribution in [-0.4, -0.2) is 30.4 Å². The molecule has 24 heavy (non-hydrogen) atoms. The predicted octanol–water partition coefficient (Wildman–Crippen LogP) is 2.58. The average molecular weight is 334 g/mol. The van der Waals surface area contributed by atoms with Crippen LogP contribution in [0.4, 0.5) is 4.79 Å². The maximum Gasteiger partial charge on any atom is 0.409 e. The monoisotopic (exact) mass is 334 g/mol. The fourth-order valence-corrected chi connectivity index (χ4v) is 2.56. The van der Waals surface area contributed by atoms with Crippen molar-refractivity contribution in [2.24, 2.45) is 5.92 Å². The van der Waals surface area contributed by atoms with Crippen LogP contribution in [0.3, 0.4) is 0 Å². The van der Waals surface area contributed by atoms with E-state index in [1.54, 1.807) is 20.8 Å². The molecule has 1 aliphatic carbocycles. The first-order valence-corrected chi connectivity index (χ1v) is 8.15. The summed E-state index contributed by atoms with van der Waals surface area (Å²) >= 11 is 0. The Morgan fingerprint density at radius 3 is 2.29 bits per heavy atom. The van der Waals surface area contributed by atoms with Crippen LogP contribution in [0.25, 0.3) is 0 Å². The van der Waals surface area contributed by atoms with Gasteiger partial charge in [-0.05, 0) is 39.2 Å². The maximum absolute atomic E-state index is 12.5. The third-order valence-corrected chi connectivity index (χ3v) is 3.81. The van der Waals surface area contributed by atoms with E-state index in [-0.39, 0.29) is 5.92 Å². The number of carbonyl (C=O) groups is 2. The van der Waals surface area contributed by atoms with Crippen LogP contribution in [0.1, 0.15) is 39.2 Å². The Morgan fingerprint density at radius 2 is 1.79 bits per heavy atom. The number of nitrogens with one attached hydrogen (secondary N) is 2. The Hall–Kier alpha value is -2.08. The molecular weight excluding hydrogens is 308 g/mol. The van der Waals surface area contributed by atoms with Crippen LogP contribution in [0.2, 0.25) is 0 Å². The molecule has 1 amide bonds. The van der Waals surface area contributed by atoms with Crippen molar-refractivity contribution < 1.29 is 19.1 Å². The van der Waals surface area contributed by atoms with Crippen LogP contribution >= 0.6 is 0 Å². The van der Waals surface area contributed by atoms with Gasteiger partial charge in [-0.25, -0.2) is 9.59 Å². The molecule has 0 radical (unpaired) electrons. The zero-order chi connectivity index (χ0) is 17.8. The van der Waals surface area contributed by atoms with Gasteiger partial charge in [-0.1, -0.05) is 30.3 Å². The molecule has 1 aliphatic rings. The van der Waals surface area contributed by atoms with Crippen LogP contribution in [0.15, 0.2) is 30.3 Å². The summed E-state index contributed by atoms with van der Waals surface area (Å²) in [4.78, 5) is 24.7. The number of esters is 1. The molecule has 132 valence electrons. The third-order valence-electron chi connectivity index (χ3n) is 3.81. The molecule has 1 fully saturated rings. The molecule has 2 rings (SSSR count). The van der Waals surface area contributed by atoms with Gasteiger partial charge in [-0.2, -0.15) is 0 Å². The first kappa shape index (κ1) is 18.3. The standard InChI is InChI=1S/C18H26N2O4/c1-17(2,3)24-16(22)20-18(14-10-11-14,15(21)23-4)19-12-13-8-6-5-7-9-13/h5-9,14,19H,10-12H2,1-4H3,(H,20,22)/t18-/m0/s1. The Labute approximate surface area is 142 Å². The largest absolute Gasteiger partial charge is 0.466 e. The fourth-order valence-electron chi connectivity index (χ4n) is 2.56. The van der Waals surface area contributed by atoms with Crippen LogP contribution in [-0.2, 0) is 20.8 Å². The number of ether oxygens (including phenoxy) is 2. The van der Waals surface area contributed by atoms with Gasteiger partial charge < -0.3 is 9.47 Å². The first-order chi connectivity index (χ1) is 11.3. The van der Waals surface area contributed by atoms with Crippen molar-refractivity contribution in [1.82, 2.24) is 10.6 Å². The zero-order valence-electron chi connectivity index (χ0n) is 14.7. The van der Waals surface area contributed by atoms with E-state index in [0.717, 1.165) is 18.4 Å². The Morgan fingerprint density at radius 1 is 1.17 bits per heavy atom. The highest BCUT2D eigenvalue weighted by atomic mass is 16.6. The Kier molecular flexibility index (Phi) is 5.49. The minimum absolute atomic E-state index is 0.0128. The highest BCUT2D eigenvalue weighted by Gasteiger charge is 2.53. The molecule has 1 saturated carbocycles. The second-order valence-corrected chi connectivity index (χ2v) is 7.04. The van der Waals surface area contributed by atoms with Gasteiger partial charge in [0.15, 0.2) is 5.66 Å². The molecule has 0 aliphatic heterocycles. The van der Waals surface area contributed by atoms with Crippen molar-refractivity contribution in [3.05, 3.63) is 35.9 Å². The summed E-state index contributed by atoms with van der Waals surface area (Å²) < 4.78 is 10.3. The minimum Gasteiger partial charge on any atom is -0.466 e. The number of carbonyl (C=O) groups excluding carboxylic acids is 2. The number of rotatable bonds is 6. The summed E-state index contributed by atoms with van der Waals surface area (Å²) in [5.41, 5.74) is -0.903. The normalized spacial score (nSPS) is 16.8. The molecule has 1 atom stereocenters. The van der Waals surface area contributed by atoms with E-state index in [2.05, 4.69) is 10.6 Å². The number of methoxy groups -OCH3 is 1. The molecule has 1 aromatic carbocycles. The molecule has 6 nitrogen and oxygen atoms in total. The number of benzene rings is 1. The van der Waals surface area contributed by atoms with E-state index in [4.69, 9.17) is 9.47 Å². The third kappa shape index (κ3) is 4.71. The van der Waals surface area contributed by atoms with E-state index in [1.165, 1.54) is 7.11 Å². The highest BCUT2D eigenvalue weighted by molar-refractivity contribution is 5.86. The van der Waals surface area contributed by atoms with Crippen molar-refractivity contribution in [1.29, 1.82) is 0 Å². The molecule has 2 N–H and O–H groups in total. The average Bonchev–Trinajstić information content (AvgIpc) is 3.35. The molecule has 0 aromatic heterocycles. The number of hydrogen-bond donors (Lipinski definition) is 2. The molecular formula is C18H26N2O4. The topological polar surface area (TPSA) is 76.7 Å². The molecule has 0 spiro atoms. The first-order valence-electron chi connectivity index (χ1n) is 8.15. The van der Waals surface area contributed by atoms with Crippen LogP contribution in [0.5, 0.6) is 0 Å². The van der Waals surface area contributed by atoms with Gasteiger partial charge in [0, 0.05) is 12.5 Å². The van der Waals surface area contributed by atoms with Crippen LogP contribution < -0.4 is 10.6 Å². The van der Waals surface area contributed by atoms with Crippen molar-refractivity contribution in [3.8, 4) is 0 Å². The predicted molar refractivity (Wildman–Crippen MR) is 90.1 cm³/mol. The van der Waals surface area contributed by atoms with Gasteiger partial charge in [0.25, 0.3) is 0 Å². The van der Waals surface area contributed by atoms with Gasteiger partial charge >= 0.3 is 12.1 Å². The lowest BCUT2D eigenvalue weighted by Gasteiger charge is -2.34. The summed E-state index contributed by atoms with van der Waals surface area (Å²) in [5, 5.41) is 5.92. The second-order valence-electron chi connectivity index (χ2n) is 7.04. The van der Waals surface area contributed by atoms with Crippen molar-refractivity contribution in [3.63, 3.8) is 0 Å². The minimum atomic E-state index is -1.27. The van der Waals surface area contributed by atoms with E-state index < -0.39 is 23.3 Å². The Balaban J connectivity index is 2.17. The summed E-state index contributed by atoms with van der Waals surface area (Å²) in [6.45, 7) is 5.77. The van der Waals surface area contributed by atoms with E-state index in [1.807, 2.05) is 30.3 Å². The second kappa shape index (κ2) is 7.21. The van der Waals surface area contributed by atoms with E-state index in [9.17, 15) is 9.59 Å². The molecule has 6 heteroatoms. The molecule has 0 bridgehead atoms. The number of alkyl carbamates (subject to hydrolysis) is 1. The van der Waals surface area contributed by atoms with Crippen molar-refractivity contribution >= 4 is 12.1 Å². The summed E-state index contributed by atoms with van der Waals surface area (Å²) in [6.07, 6.45) is 1.04. The molecule has 0 saturated heterocycles. The van der Waals surface area contributed by atoms with Gasteiger partial charge in [0.1, 0.15) is 5.60 Å². The quantitative estimate of drug-likeness (QED) is 0.618. The van der Waals surface area contributed by atoms with Gasteiger partial charge in [0.2, 0.25) is 0 Å². The lowest BCUT2D eigenvalue weighted by molar-refractivity contribution is -0.151. The number of amides is 1. The van der Waals surface area contributed by atoms with E-state index in [0.29, 0.717) is 6.54 Å². The van der Waals surface area contributed by atoms with Gasteiger partial charge in [-0.3, -0.25) is 10.6 Å². The lowest BCUT2D eigenvalue weighted by atomic mass is 10.0. The summed E-state index contributed by atoms with van der Waals surface area (Å²) in [7, 11) is 1.32.